The molecular weight excluding hydrogens is 292 g/mol. The van der Waals surface area contributed by atoms with Gasteiger partial charge in [0.15, 0.2) is 0 Å². The third-order valence-electron chi connectivity index (χ3n) is 3.92. The summed E-state index contributed by atoms with van der Waals surface area (Å²) < 4.78 is 30.3. The maximum absolute atomic E-state index is 11.5. The molecule has 1 aromatic rings. The second kappa shape index (κ2) is 5.76. The molecule has 2 aliphatic rings. The van der Waals surface area contributed by atoms with Gasteiger partial charge in [-0.05, 0) is 19.3 Å². The van der Waals surface area contributed by atoms with Gasteiger partial charge in [-0.1, -0.05) is 0 Å². The van der Waals surface area contributed by atoms with Crippen molar-refractivity contribution in [3.8, 4) is 5.88 Å². The summed E-state index contributed by atoms with van der Waals surface area (Å²) in [7, 11) is -3.14. The summed E-state index contributed by atoms with van der Waals surface area (Å²) in [5.41, 5.74) is 0. The molecular formula is C13H20N4O3S. The summed E-state index contributed by atoms with van der Waals surface area (Å²) in [6, 6.07) is 1.84. The van der Waals surface area contributed by atoms with Gasteiger partial charge in [-0.2, -0.15) is 4.31 Å². The lowest BCUT2D eigenvalue weighted by molar-refractivity contribution is 0.206. The van der Waals surface area contributed by atoms with E-state index in [1.165, 1.54) is 29.7 Å². The monoisotopic (exact) mass is 312 g/mol. The molecule has 2 saturated heterocycles. The van der Waals surface area contributed by atoms with E-state index in [-0.39, 0.29) is 6.10 Å². The number of hydrogen-bond donors (Lipinski definition) is 0. The molecule has 0 bridgehead atoms. The summed E-state index contributed by atoms with van der Waals surface area (Å²) in [5.74, 6) is 1.41. The first-order chi connectivity index (χ1) is 10.0. The Balaban J connectivity index is 1.64. The molecule has 0 saturated carbocycles. The Hall–Kier alpha value is -1.41. The zero-order chi connectivity index (χ0) is 14.9. The fraction of sp³-hybridized carbons (Fsp3) is 0.692. The molecule has 116 valence electrons. The molecule has 2 fully saturated rings. The van der Waals surface area contributed by atoms with E-state index >= 15 is 0 Å². The predicted octanol–water partition coefficient (Wildman–Crippen LogP) is 0.489. The lowest BCUT2D eigenvalue weighted by atomic mass is 10.3. The molecule has 3 rings (SSSR count). The van der Waals surface area contributed by atoms with E-state index in [0.717, 1.165) is 18.9 Å². The van der Waals surface area contributed by atoms with Crippen LogP contribution in [0.2, 0.25) is 0 Å². The van der Waals surface area contributed by atoms with Gasteiger partial charge in [-0.3, -0.25) is 0 Å². The summed E-state index contributed by atoms with van der Waals surface area (Å²) in [6.07, 6.45) is 5.66. The van der Waals surface area contributed by atoms with Crippen LogP contribution >= 0.6 is 0 Å². The van der Waals surface area contributed by atoms with Crippen molar-refractivity contribution < 1.29 is 13.2 Å². The first-order valence-corrected chi connectivity index (χ1v) is 9.06. The normalized spacial score (nSPS) is 23.7. The highest BCUT2D eigenvalue weighted by molar-refractivity contribution is 7.88. The minimum absolute atomic E-state index is 0.138. The Morgan fingerprint density at radius 1 is 1.24 bits per heavy atom. The summed E-state index contributed by atoms with van der Waals surface area (Å²) in [4.78, 5) is 10.6. The molecule has 3 heterocycles. The molecule has 0 N–H and O–H groups in total. The van der Waals surface area contributed by atoms with Gasteiger partial charge in [0.05, 0.1) is 12.8 Å². The third-order valence-corrected chi connectivity index (χ3v) is 5.19. The van der Waals surface area contributed by atoms with Gasteiger partial charge in [0, 0.05) is 25.7 Å². The van der Waals surface area contributed by atoms with E-state index < -0.39 is 10.0 Å². The number of nitrogens with zero attached hydrogens (tertiary/aromatic N) is 4. The van der Waals surface area contributed by atoms with Crippen LogP contribution in [0.25, 0.3) is 0 Å². The highest BCUT2D eigenvalue weighted by atomic mass is 32.2. The quantitative estimate of drug-likeness (QED) is 0.805. The molecule has 1 atom stereocenters. The molecule has 0 radical (unpaired) electrons. The number of hydrogen-bond acceptors (Lipinski definition) is 6. The molecule has 1 aromatic heterocycles. The Morgan fingerprint density at radius 3 is 2.67 bits per heavy atom. The molecule has 7 nitrogen and oxygen atoms in total. The average Bonchev–Trinajstić information content (AvgIpc) is 3.09. The molecule has 8 heteroatoms. The number of aromatic nitrogens is 2. The number of anilines is 1. The largest absolute Gasteiger partial charge is 0.473 e. The van der Waals surface area contributed by atoms with Crippen LogP contribution in [0.3, 0.4) is 0 Å². The van der Waals surface area contributed by atoms with Crippen molar-refractivity contribution >= 4 is 15.8 Å². The van der Waals surface area contributed by atoms with Crippen LogP contribution < -0.4 is 9.64 Å². The van der Waals surface area contributed by atoms with Gasteiger partial charge >= 0.3 is 0 Å². The van der Waals surface area contributed by atoms with E-state index in [4.69, 9.17) is 4.74 Å². The highest BCUT2D eigenvalue weighted by Crippen LogP contribution is 2.23. The van der Waals surface area contributed by atoms with Gasteiger partial charge in [-0.15, -0.1) is 0 Å². The van der Waals surface area contributed by atoms with Crippen molar-refractivity contribution in [1.82, 2.24) is 14.3 Å². The predicted molar refractivity (Wildman–Crippen MR) is 78.9 cm³/mol. The number of ether oxygens (including phenoxy) is 1. The summed E-state index contributed by atoms with van der Waals surface area (Å²) in [6.45, 7) is 2.93. The van der Waals surface area contributed by atoms with Crippen LogP contribution in [0, 0.1) is 0 Å². The van der Waals surface area contributed by atoms with E-state index in [1.807, 2.05) is 6.07 Å². The van der Waals surface area contributed by atoms with Crippen molar-refractivity contribution in [1.29, 1.82) is 0 Å². The lowest BCUT2D eigenvalue weighted by Gasteiger charge is -2.18. The van der Waals surface area contributed by atoms with E-state index in [2.05, 4.69) is 14.9 Å². The zero-order valence-corrected chi connectivity index (χ0v) is 12.9. The summed E-state index contributed by atoms with van der Waals surface area (Å²) in [5, 5.41) is 0. The maximum Gasteiger partial charge on any atom is 0.218 e. The second-order valence-electron chi connectivity index (χ2n) is 5.56. The van der Waals surface area contributed by atoms with Crippen LogP contribution in [0.1, 0.15) is 19.3 Å². The van der Waals surface area contributed by atoms with Gasteiger partial charge in [0.25, 0.3) is 0 Å². The Kier molecular flexibility index (Phi) is 3.99. The highest BCUT2D eigenvalue weighted by Gasteiger charge is 2.30. The molecule has 2 aliphatic heterocycles. The number of sulfonamides is 1. The van der Waals surface area contributed by atoms with Crippen molar-refractivity contribution in [3.63, 3.8) is 0 Å². The maximum atomic E-state index is 11.5. The molecule has 0 aliphatic carbocycles. The first-order valence-electron chi connectivity index (χ1n) is 7.21. The zero-order valence-electron chi connectivity index (χ0n) is 12.1. The van der Waals surface area contributed by atoms with E-state index in [9.17, 15) is 8.42 Å². The van der Waals surface area contributed by atoms with Gasteiger partial charge in [0.1, 0.15) is 18.2 Å². The van der Waals surface area contributed by atoms with E-state index in [1.54, 1.807) is 0 Å². The van der Waals surface area contributed by atoms with Crippen LogP contribution in [-0.2, 0) is 10.0 Å². The van der Waals surface area contributed by atoms with Crippen molar-refractivity contribution in [2.75, 3.05) is 37.3 Å². The minimum atomic E-state index is -3.14. The van der Waals surface area contributed by atoms with Crippen LogP contribution in [-0.4, -0.2) is 61.2 Å². The van der Waals surface area contributed by atoms with Gasteiger partial charge < -0.3 is 9.64 Å². The average molecular weight is 312 g/mol. The van der Waals surface area contributed by atoms with Gasteiger partial charge in [0.2, 0.25) is 15.9 Å². The molecule has 0 aromatic carbocycles. The molecule has 21 heavy (non-hydrogen) atoms. The van der Waals surface area contributed by atoms with Crippen molar-refractivity contribution in [2.45, 2.75) is 25.4 Å². The molecule has 0 amide bonds. The smallest absolute Gasteiger partial charge is 0.218 e. The van der Waals surface area contributed by atoms with Gasteiger partial charge in [-0.25, -0.2) is 18.4 Å². The van der Waals surface area contributed by atoms with Crippen molar-refractivity contribution in [3.05, 3.63) is 12.4 Å². The van der Waals surface area contributed by atoms with Crippen molar-refractivity contribution in [2.24, 2.45) is 0 Å². The fourth-order valence-electron chi connectivity index (χ4n) is 2.78. The van der Waals surface area contributed by atoms with Crippen LogP contribution in [0.15, 0.2) is 12.4 Å². The molecule has 0 spiro atoms. The standard InChI is InChI=1S/C13H20N4O3S/c1-21(18,19)17-7-4-11(9-17)20-13-8-12(14-10-15-13)16-5-2-3-6-16/h8,10-11H,2-7,9H2,1H3. The first kappa shape index (κ1) is 14.5. The Labute approximate surface area is 125 Å². The van der Waals surface area contributed by atoms with Crippen LogP contribution in [0.4, 0.5) is 5.82 Å². The van der Waals surface area contributed by atoms with E-state index in [0.29, 0.717) is 25.4 Å². The lowest BCUT2D eigenvalue weighted by Crippen LogP contribution is -2.30. The minimum Gasteiger partial charge on any atom is -0.473 e. The Bertz CT molecular complexity index is 601. The fourth-order valence-corrected chi connectivity index (χ4v) is 3.65. The van der Waals surface area contributed by atoms with Crippen LogP contribution in [0.5, 0.6) is 5.88 Å². The second-order valence-corrected chi connectivity index (χ2v) is 7.54. The SMILES string of the molecule is CS(=O)(=O)N1CCC(Oc2cc(N3CCCC3)ncn2)C1. The summed E-state index contributed by atoms with van der Waals surface area (Å²) >= 11 is 0. The topological polar surface area (TPSA) is 75.6 Å². The number of rotatable bonds is 4. The molecule has 1 unspecified atom stereocenters. The third kappa shape index (κ3) is 3.44. The Morgan fingerprint density at radius 2 is 2.00 bits per heavy atom.